The van der Waals surface area contributed by atoms with Crippen LogP contribution in [-0.4, -0.2) is 9.38 Å². The molecule has 0 aliphatic rings. The monoisotopic (exact) mass is 452 g/mol. The third-order valence-corrected chi connectivity index (χ3v) is 3.96. The van der Waals surface area contributed by atoms with Crippen LogP contribution < -0.4 is 0 Å². The van der Waals surface area contributed by atoms with Crippen molar-refractivity contribution in [1.29, 1.82) is 0 Å². The summed E-state index contributed by atoms with van der Waals surface area (Å²) in [5, 5.41) is 3.59. The van der Waals surface area contributed by atoms with Crippen molar-refractivity contribution in [2.24, 2.45) is 0 Å². The Hall–Kier alpha value is -1.70. The number of pyridine rings is 1. The SMILES string of the molecule is CC(C)c1ccc2c(c1)c1ccc[c-]c1c1nccn21.[Ir]. The van der Waals surface area contributed by atoms with Crippen molar-refractivity contribution in [2.75, 3.05) is 0 Å². The van der Waals surface area contributed by atoms with Gasteiger partial charge in [0.05, 0.1) is 5.65 Å². The molecule has 0 aliphatic heterocycles. The van der Waals surface area contributed by atoms with Crippen molar-refractivity contribution in [3.63, 3.8) is 0 Å². The van der Waals surface area contributed by atoms with E-state index in [1.165, 1.54) is 21.9 Å². The van der Waals surface area contributed by atoms with E-state index in [0.717, 1.165) is 11.0 Å². The van der Waals surface area contributed by atoms with Crippen molar-refractivity contribution in [1.82, 2.24) is 9.38 Å². The number of hydrogen-bond acceptors (Lipinski definition) is 1. The van der Waals surface area contributed by atoms with Crippen LogP contribution in [0.5, 0.6) is 0 Å². The quantitative estimate of drug-likeness (QED) is 0.306. The Balaban J connectivity index is 0.00000132. The molecule has 4 aromatic rings. The van der Waals surface area contributed by atoms with Crippen LogP contribution in [0.3, 0.4) is 0 Å². The molecule has 2 aromatic heterocycles. The van der Waals surface area contributed by atoms with Crippen LogP contribution in [0.2, 0.25) is 0 Å². The maximum Gasteiger partial charge on any atom is 0.0608 e. The molecule has 3 heteroatoms. The Morgan fingerprint density at radius 1 is 1.14 bits per heavy atom. The van der Waals surface area contributed by atoms with E-state index in [1.807, 2.05) is 24.5 Å². The van der Waals surface area contributed by atoms with E-state index in [9.17, 15) is 0 Å². The normalized spacial score (nSPS) is 11.4. The van der Waals surface area contributed by atoms with E-state index in [4.69, 9.17) is 0 Å². The molecule has 0 atom stereocenters. The number of aromatic nitrogens is 2. The maximum atomic E-state index is 4.49. The summed E-state index contributed by atoms with van der Waals surface area (Å²) in [6.07, 6.45) is 3.87. The minimum absolute atomic E-state index is 0. The van der Waals surface area contributed by atoms with Gasteiger partial charge in [0, 0.05) is 38.0 Å². The maximum absolute atomic E-state index is 4.49. The van der Waals surface area contributed by atoms with Crippen molar-refractivity contribution >= 4 is 27.3 Å². The molecule has 0 spiro atoms. The summed E-state index contributed by atoms with van der Waals surface area (Å²) in [5.41, 5.74) is 3.54. The van der Waals surface area contributed by atoms with Gasteiger partial charge in [-0.2, -0.15) is 0 Å². The molecule has 1 radical (unpaired) electrons. The summed E-state index contributed by atoms with van der Waals surface area (Å²) in [6.45, 7) is 4.45. The second-order valence-corrected chi connectivity index (χ2v) is 5.51. The van der Waals surface area contributed by atoms with Gasteiger partial charge in [0.15, 0.2) is 0 Å². The van der Waals surface area contributed by atoms with E-state index >= 15 is 0 Å². The van der Waals surface area contributed by atoms with Gasteiger partial charge in [-0.25, -0.2) is 0 Å². The Morgan fingerprint density at radius 2 is 2.00 bits per heavy atom. The number of rotatable bonds is 1. The summed E-state index contributed by atoms with van der Waals surface area (Å²) in [5.74, 6) is 0.528. The number of hydrogen-bond donors (Lipinski definition) is 0. The van der Waals surface area contributed by atoms with Crippen molar-refractivity contribution in [2.45, 2.75) is 19.8 Å². The Labute approximate surface area is 137 Å². The van der Waals surface area contributed by atoms with Gasteiger partial charge in [-0.1, -0.05) is 31.4 Å². The molecule has 2 aromatic carbocycles. The van der Waals surface area contributed by atoms with E-state index in [2.05, 4.69) is 53.6 Å². The molecular weight excluding hydrogens is 436 g/mol. The molecule has 0 saturated carbocycles. The van der Waals surface area contributed by atoms with Gasteiger partial charge in [0.25, 0.3) is 0 Å². The first kappa shape index (κ1) is 14.2. The summed E-state index contributed by atoms with van der Waals surface area (Å²) in [4.78, 5) is 4.49. The van der Waals surface area contributed by atoms with Crippen LogP contribution in [-0.2, 0) is 20.1 Å². The molecule has 0 amide bonds. The van der Waals surface area contributed by atoms with Gasteiger partial charge in [-0.15, -0.1) is 29.7 Å². The van der Waals surface area contributed by atoms with Gasteiger partial charge in [-0.3, -0.25) is 4.98 Å². The Morgan fingerprint density at radius 3 is 2.81 bits per heavy atom. The number of benzene rings is 2. The fraction of sp³-hybridized carbons (Fsp3) is 0.167. The average Bonchev–Trinajstić information content (AvgIpc) is 2.96. The fourth-order valence-corrected chi connectivity index (χ4v) is 2.87. The summed E-state index contributed by atoms with van der Waals surface area (Å²) >= 11 is 0. The van der Waals surface area contributed by atoms with Gasteiger partial charge >= 0.3 is 0 Å². The molecule has 21 heavy (non-hydrogen) atoms. The number of nitrogens with zero attached hydrogens (tertiary/aromatic N) is 2. The van der Waals surface area contributed by atoms with E-state index in [0.29, 0.717) is 5.92 Å². The molecule has 0 aliphatic carbocycles. The second kappa shape index (κ2) is 5.25. The first-order valence-corrected chi connectivity index (χ1v) is 6.95. The zero-order chi connectivity index (χ0) is 13.7. The molecule has 0 N–H and O–H groups in total. The van der Waals surface area contributed by atoms with Crippen LogP contribution >= 0.6 is 0 Å². The fourth-order valence-electron chi connectivity index (χ4n) is 2.87. The molecule has 107 valence electrons. The molecule has 0 bridgehead atoms. The predicted molar refractivity (Wildman–Crippen MR) is 83.1 cm³/mol. The Kier molecular flexibility index (Phi) is 3.56. The van der Waals surface area contributed by atoms with Gasteiger partial charge in [-0.05, 0) is 22.9 Å². The standard InChI is InChI=1S/C18H15N2.Ir/c1-12(2)13-7-8-17-16(11-13)14-5-3-4-6-15(14)18-19-9-10-20(17)18;/h3-5,7-12H,1-2H3;/q-1;. The Bertz CT molecular complexity index is 938. The number of fused-ring (bicyclic) bond motifs is 6. The molecule has 0 saturated heterocycles. The summed E-state index contributed by atoms with van der Waals surface area (Å²) in [6, 6.07) is 16.2. The zero-order valence-electron chi connectivity index (χ0n) is 11.9. The van der Waals surface area contributed by atoms with Crippen LogP contribution in [0, 0.1) is 6.07 Å². The number of imidazole rings is 1. The molecule has 4 rings (SSSR count). The average molecular weight is 452 g/mol. The molecule has 0 unspecified atom stereocenters. The van der Waals surface area contributed by atoms with Crippen LogP contribution in [0.4, 0.5) is 0 Å². The van der Waals surface area contributed by atoms with Gasteiger partial charge in [0.1, 0.15) is 0 Å². The first-order chi connectivity index (χ1) is 9.75. The van der Waals surface area contributed by atoms with Crippen LogP contribution in [0.25, 0.3) is 27.3 Å². The topological polar surface area (TPSA) is 17.3 Å². The van der Waals surface area contributed by atoms with Crippen LogP contribution in [0.15, 0.2) is 48.8 Å². The van der Waals surface area contributed by atoms with Crippen molar-refractivity contribution in [3.8, 4) is 0 Å². The molecule has 2 heterocycles. The molecule has 2 nitrogen and oxygen atoms in total. The second-order valence-electron chi connectivity index (χ2n) is 5.51. The van der Waals surface area contributed by atoms with Gasteiger partial charge < -0.3 is 4.40 Å². The van der Waals surface area contributed by atoms with E-state index in [-0.39, 0.29) is 20.1 Å². The molecular formula is C18H15IrN2-. The third kappa shape index (κ3) is 2.08. The van der Waals surface area contributed by atoms with Crippen LogP contribution in [0.1, 0.15) is 25.3 Å². The summed E-state index contributed by atoms with van der Waals surface area (Å²) < 4.78 is 2.15. The molecule has 0 fully saturated rings. The third-order valence-electron chi connectivity index (χ3n) is 3.96. The minimum Gasteiger partial charge on any atom is -0.340 e. The zero-order valence-corrected chi connectivity index (χ0v) is 14.3. The van der Waals surface area contributed by atoms with Crippen molar-refractivity contribution < 1.29 is 20.1 Å². The van der Waals surface area contributed by atoms with Gasteiger partial charge in [0.2, 0.25) is 0 Å². The van der Waals surface area contributed by atoms with E-state index in [1.54, 1.807) is 0 Å². The first-order valence-electron chi connectivity index (χ1n) is 6.95. The van der Waals surface area contributed by atoms with E-state index < -0.39 is 0 Å². The smallest absolute Gasteiger partial charge is 0.0608 e. The largest absolute Gasteiger partial charge is 0.340 e. The summed E-state index contributed by atoms with van der Waals surface area (Å²) in [7, 11) is 0. The predicted octanol–water partition coefficient (Wildman–Crippen LogP) is 4.56. The minimum atomic E-state index is 0. The van der Waals surface area contributed by atoms with Crippen molar-refractivity contribution in [3.05, 3.63) is 60.4 Å².